The minimum Gasteiger partial charge on any atom is -0.368 e. The van der Waals surface area contributed by atoms with Crippen LogP contribution in [-0.2, 0) is 20.2 Å². The van der Waals surface area contributed by atoms with Crippen molar-refractivity contribution >= 4 is 67.8 Å². The molecule has 0 bridgehead atoms. The highest BCUT2D eigenvalue weighted by atomic mass is 32.2. The van der Waals surface area contributed by atoms with E-state index in [4.69, 9.17) is 5.73 Å². The second-order valence-electron chi connectivity index (χ2n) is 15.4. The number of aryl methyl sites for hydroxylation is 1. The highest BCUT2D eigenvalue weighted by molar-refractivity contribution is 7.86. The lowest BCUT2D eigenvalue weighted by Gasteiger charge is -2.23. The fraction of sp³-hybridized carbons (Fsp3) is 0.574. The maximum Gasteiger partial charge on any atom is 0.295 e. The number of nitrogens with two attached hydrogens (primary N) is 1. The van der Waals surface area contributed by atoms with E-state index in [2.05, 4.69) is 130 Å². The first-order chi connectivity index (χ1) is 32.4. The van der Waals surface area contributed by atoms with E-state index in [1.165, 1.54) is 68.2 Å². The van der Waals surface area contributed by atoms with Crippen LogP contribution < -0.4 is 26.6 Å². The first-order valence-corrected chi connectivity index (χ1v) is 26.8. The lowest BCUT2D eigenvalue weighted by molar-refractivity contribution is 0.316. The minimum atomic E-state index is -4.70. The Bertz CT molecular complexity index is 2240. The molecule has 0 fully saturated rings. The monoisotopic (exact) mass is 988 g/mol. The van der Waals surface area contributed by atoms with Crippen LogP contribution in [-0.4, -0.2) is 131 Å². The van der Waals surface area contributed by atoms with Gasteiger partial charge in [-0.25, -0.2) is 0 Å². The van der Waals surface area contributed by atoms with Crippen LogP contribution in [0.4, 0.5) is 35.4 Å². The molecule has 0 unspecified atom stereocenters. The number of nitrogens with zero attached hydrogens (tertiary/aromatic N) is 9. The van der Waals surface area contributed by atoms with Gasteiger partial charge < -0.3 is 36.4 Å². The van der Waals surface area contributed by atoms with Gasteiger partial charge in [0.15, 0.2) is 0 Å². The molecule has 21 heteroatoms. The smallest absolute Gasteiger partial charge is 0.295 e. The van der Waals surface area contributed by atoms with Crippen LogP contribution in [0.1, 0.15) is 125 Å². The largest absolute Gasteiger partial charge is 0.368 e. The molecule has 19 nitrogen and oxygen atoms in total. The van der Waals surface area contributed by atoms with Crippen LogP contribution in [0.3, 0.4) is 0 Å². The molecular weight excluding hydrogens is 907 g/mol. The number of nitrogen functional groups attached to an aromatic ring is 1. The van der Waals surface area contributed by atoms with Crippen molar-refractivity contribution in [3.8, 4) is 0 Å². The van der Waals surface area contributed by atoms with Gasteiger partial charge in [0.1, 0.15) is 15.6 Å². The van der Waals surface area contributed by atoms with Crippen LogP contribution in [0.5, 0.6) is 0 Å². The van der Waals surface area contributed by atoms with Crippen molar-refractivity contribution in [2.75, 3.05) is 92.0 Å². The summed E-state index contributed by atoms with van der Waals surface area (Å²) in [6, 6.07) is 9.96. The standard InChI is InChI=1S/C29H41N7O6S2.C10H20N6.2C4H10/c1-5-18-36(19-6-2)29-33-27(30-17-20-35(7-3)8-4)32-28(34-29)31-24-16-15-23(26(21-24)44(40,41)42)14-13-22-11-9-10-12-25(22)43(37,38)39;1-4-16(5-2)7-6-12-10-14-8(3)13-9(11)15-10;2*1-3-4-2/h9-16,21H,5-8,17-20H2,1-4H3,(H,37,38,39)(H,40,41,42)(H2,30,31,32,33,34);4-7H2,1-3H3,(H3,11,12,13,14,15);2*3-4H2,1-2H3/b14-13+;;;. The lowest BCUT2D eigenvalue weighted by atomic mass is 10.1. The fourth-order valence-corrected chi connectivity index (χ4v) is 7.33. The maximum atomic E-state index is 12.4. The molecule has 2 heterocycles. The highest BCUT2D eigenvalue weighted by Crippen LogP contribution is 2.26. The predicted molar refractivity (Wildman–Crippen MR) is 280 cm³/mol. The molecule has 0 aliphatic heterocycles. The molecule has 0 aliphatic carbocycles. The summed E-state index contributed by atoms with van der Waals surface area (Å²) in [5, 5.41) is 9.44. The summed E-state index contributed by atoms with van der Waals surface area (Å²) in [7, 11) is -9.21. The summed E-state index contributed by atoms with van der Waals surface area (Å²) >= 11 is 0. The Morgan fingerprint density at radius 2 is 1.03 bits per heavy atom. The van der Waals surface area contributed by atoms with Crippen LogP contribution in [0.15, 0.2) is 52.3 Å². The average Bonchev–Trinajstić information content (AvgIpc) is 3.30. The molecule has 0 amide bonds. The van der Waals surface area contributed by atoms with E-state index >= 15 is 0 Å². The number of benzene rings is 2. The quantitative estimate of drug-likeness (QED) is 0.0268. The molecule has 0 saturated carbocycles. The summed E-state index contributed by atoms with van der Waals surface area (Å²) in [4.78, 5) is 31.7. The Morgan fingerprint density at radius 1 is 0.559 bits per heavy atom. The number of hydrogen-bond acceptors (Lipinski definition) is 17. The molecule has 4 rings (SSSR count). The van der Waals surface area contributed by atoms with Crippen LogP contribution in [0, 0.1) is 6.92 Å². The van der Waals surface area contributed by atoms with Gasteiger partial charge in [-0.15, -0.1) is 0 Å². The third-order valence-electron chi connectivity index (χ3n) is 10.1. The average molecular weight is 988 g/mol. The van der Waals surface area contributed by atoms with E-state index in [0.29, 0.717) is 30.2 Å². The molecular formula is C47H81N13O6S2. The highest BCUT2D eigenvalue weighted by Gasteiger charge is 2.18. The SMILES string of the molecule is CCCC.CCCC.CCCN(CCC)c1nc(NCCN(CC)CC)nc(Nc2ccc(/C=C/c3ccccc3S(=O)(=O)O)c(S(=O)(=O)O)c2)n1.CCN(CC)CCNc1nc(C)nc(N)n1. The summed E-state index contributed by atoms with van der Waals surface area (Å²) in [6.45, 7) is 31.8. The lowest BCUT2D eigenvalue weighted by Crippen LogP contribution is -2.30. The number of nitrogens with one attached hydrogen (secondary N) is 3. The van der Waals surface area contributed by atoms with E-state index in [1.54, 1.807) is 19.1 Å². The molecule has 7 N–H and O–H groups in total. The zero-order chi connectivity index (χ0) is 51.1. The third kappa shape index (κ3) is 23.8. The third-order valence-corrected chi connectivity index (χ3v) is 11.9. The molecule has 68 heavy (non-hydrogen) atoms. The van der Waals surface area contributed by atoms with Crippen molar-refractivity contribution < 1.29 is 25.9 Å². The van der Waals surface area contributed by atoms with Gasteiger partial charge in [-0.1, -0.05) is 131 Å². The Kier molecular flexibility index (Phi) is 30.0. The number of likely N-dealkylation sites (N-methyl/N-ethyl adjacent to an activating group) is 2. The van der Waals surface area contributed by atoms with Gasteiger partial charge in [0.05, 0.1) is 0 Å². The summed E-state index contributed by atoms with van der Waals surface area (Å²) in [5.41, 5.74) is 6.05. The normalized spacial score (nSPS) is 11.3. The number of hydrogen-bond donors (Lipinski definition) is 6. The first-order valence-electron chi connectivity index (χ1n) is 23.9. The molecule has 2 aromatic heterocycles. The molecule has 0 saturated heterocycles. The van der Waals surface area contributed by atoms with Crippen LogP contribution >= 0.6 is 0 Å². The molecule has 0 atom stereocenters. The van der Waals surface area contributed by atoms with Gasteiger partial charge in [0.25, 0.3) is 20.2 Å². The number of rotatable bonds is 25. The van der Waals surface area contributed by atoms with Crippen molar-refractivity contribution in [3.63, 3.8) is 0 Å². The molecule has 0 spiro atoms. The fourth-order valence-electron chi connectivity index (χ4n) is 5.94. The first kappa shape index (κ1) is 61.0. The number of unbranched alkanes of at least 4 members (excludes halogenated alkanes) is 2. The van der Waals surface area contributed by atoms with Gasteiger partial charge in [0, 0.05) is 45.0 Å². The van der Waals surface area contributed by atoms with Gasteiger partial charge in [0.2, 0.25) is 29.7 Å². The predicted octanol–water partition coefficient (Wildman–Crippen LogP) is 8.79. The molecule has 2 aromatic carbocycles. The zero-order valence-corrected chi connectivity index (χ0v) is 44.1. The van der Waals surface area contributed by atoms with E-state index in [9.17, 15) is 25.9 Å². The van der Waals surface area contributed by atoms with Crippen LogP contribution in [0.2, 0.25) is 0 Å². The van der Waals surface area contributed by atoms with E-state index in [-0.39, 0.29) is 33.6 Å². The summed E-state index contributed by atoms with van der Waals surface area (Å²) in [6.07, 6.45) is 9.73. The van der Waals surface area contributed by atoms with Gasteiger partial charge >= 0.3 is 0 Å². The summed E-state index contributed by atoms with van der Waals surface area (Å²) < 4.78 is 67.7. The van der Waals surface area contributed by atoms with E-state index < -0.39 is 25.1 Å². The van der Waals surface area contributed by atoms with E-state index in [0.717, 1.165) is 71.7 Å². The number of aromatic nitrogens is 6. The second-order valence-corrected chi connectivity index (χ2v) is 18.2. The minimum absolute atomic E-state index is 0.0929. The maximum absolute atomic E-state index is 12.4. The molecule has 382 valence electrons. The van der Waals surface area contributed by atoms with Crippen LogP contribution in [0.25, 0.3) is 12.2 Å². The Hall–Kier alpha value is -5.06. The molecule has 0 radical (unpaired) electrons. The topological polar surface area (TPSA) is 258 Å². The van der Waals surface area contributed by atoms with Crippen molar-refractivity contribution in [3.05, 3.63) is 59.4 Å². The Morgan fingerprint density at radius 3 is 1.49 bits per heavy atom. The number of anilines is 6. The van der Waals surface area contributed by atoms with Crippen molar-refractivity contribution in [2.24, 2.45) is 0 Å². The van der Waals surface area contributed by atoms with Gasteiger partial charge in [-0.05, 0) is 75.3 Å². The Labute approximate surface area is 407 Å². The molecule has 0 aliphatic rings. The van der Waals surface area contributed by atoms with E-state index in [1.807, 2.05) is 0 Å². The summed E-state index contributed by atoms with van der Waals surface area (Å²) in [5.74, 6) is 2.48. The van der Waals surface area contributed by atoms with Crippen molar-refractivity contribution in [1.82, 2.24) is 39.7 Å². The Balaban J connectivity index is 0.000000788. The second kappa shape index (κ2) is 33.4. The molecule has 4 aromatic rings. The van der Waals surface area contributed by atoms with Crippen molar-refractivity contribution in [2.45, 2.75) is 124 Å². The van der Waals surface area contributed by atoms with Gasteiger partial charge in [-0.2, -0.15) is 46.7 Å². The van der Waals surface area contributed by atoms with Gasteiger partial charge in [-0.3, -0.25) is 9.11 Å². The van der Waals surface area contributed by atoms with Crippen molar-refractivity contribution in [1.29, 1.82) is 0 Å². The zero-order valence-electron chi connectivity index (χ0n) is 42.5.